The average Bonchev–Trinajstić information content (AvgIpc) is 3.49. The van der Waals surface area contributed by atoms with Crippen LogP contribution in [0.1, 0.15) is 19.5 Å². The zero-order valence-corrected chi connectivity index (χ0v) is 24.1. The van der Waals surface area contributed by atoms with E-state index >= 15 is 4.39 Å². The highest BCUT2D eigenvalue weighted by molar-refractivity contribution is 5.90. The van der Waals surface area contributed by atoms with Crippen LogP contribution in [0.3, 0.4) is 0 Å². The van der Waals surface area contributed by atoms with Crippen molar-refractivity contribution in [2.24, 2.45) is 11.8 Å². The molecule has 1 amide bonds. The number of hydrogen-bond acceptors (Lipinski definition) is 10. The second-order valence-corrected chi connectivity index (χ2v) is 11.2. The van der Waals surface area contributed by atoms with E-state index in [1.807, 2.05) is 0 Å². The SMILES string of the molecule is [C-]#[N+]C1(c2ccc(-c3ccc(N4C[C@H](Cn5ccnn5)OC4=O)cc3F)cn2)[C@@H]2CN(C(COC(C)=O)COC(C)=O)C[C@@H]21. The molecule has 2 aromatic heterocycles. The number of carbonyl (C=O) groups excluding carboxylic acids is 3. The lowest BCUT2D eigenvalue weighted by Gasteiger charge is -2.29. The average molecular weight is 604 g/mol. The van der Waals surface area contributed by atoms with Gasteiger partial charge in [0, 0.05) is 50.5 Å². The molecule has 1 unspecified atom stereocenters. The van der Waals surface area contributed by atoms with Crippen LogP contribution in [-0.4, -0.2) is 87.9 Å². The van der Waals surface area contributed by atoms with E-state index in [9.17, 15) is 14.4 Å². The Kier molecular flexibility index (Phi) is 7.73. The van der Waals surface area contributed by atoms with Crippen LogP contribution < -0.4 is 4.90 Å². The second kappa shape index (κ2) is 11.6. The Morgan fingerprint density at radius 1 is 1.14 bits per heavy atom. The van der Waals surface area contributed by atoms with Gasteiger partial charge in [-0.25, -0.2) is 20.4 Å². The molecule has 4 atom stereocenters. The molecule has 14 heteroatoms. The van der Waals surface area contributed by atoms with Crippen molar-refractivity contribution in [2.75, 3.05) is 37.7 Å². The first kappa shape index (κ1) is 29.2. The van der Waals surface area contributed by atoms with Crippen molar-refractivity contribution in [3.8, 4) is 11.1 Å². The van der Waals surface area contributed by atoms with Gasteiger partial charge in [0.25, 0.3) is 5.54 Å². The fourth-order valence-electron chi connectivity index (χ4n) is 6.28. The van der Waals surface area contributed by atoms with Crippen molar-refractivity contribution in [3.63, 3.8) is 0 Å². The predicted molar refractivity (Wildman–Crippen MR) is 151 cm³/mol. The molecule has 6 rings (SSSR count). The first-order chi connectivity index (χ1) is 21.2. The Labute approximate surface area is 252 Å². The minimum absolute atomic E-state index is 0.0140. The summed E-state index contributed by atoms with van der Waals surface area (Å²) in [7, 11) is 0. The summed E-state index contributed by atoms with van der Waals surface area (Å²) in [5.74, 6) is -1.32. The lowest BCUT2D eigenvalue weighted by atomic mass is 10.0. The number of benzene rings is 1. The minimum Gasteiger partial charge on any atom is -0.464 e. The first-order valence-corrected chi connectivity index (χ1v) is 14.2. The van der Waals surface area contributed by atoms with Crippen LogP contribution in [-0.2, 0) is 35.9 Å². The fraction of sp³-hybridized carbons (Fsp3) is 0.433. The number of piperidine rings is 1. The number of likely N-dealkylation sites (tertiary alicyclic amines) is 1. The molecule has 2 aliphatic heterocycles. The van der Waals surface area contributed by atoms with Gasteiger partial charge in [0.05, 0.1) is 42.9 Å². The highest BCUT2D eigenvalue weighted by Crippen LogP contribution is 2.64. The number of esters is 2. The number of anilines is 1. The smallest absolute Gasteiger partial charge is 0.414 e. The molecule has 2 saturated heterocycles. The van der Waals surface area contributed by atoms with Crippen molar-refractivity contribution in [2.45, 2.75) is 38.1 Å². The van der Waals surface area contributed by atoms with E-state index < -0.39 is 35.5 Å². The van der Waals surface area contributed by atoms with Gasteiger partial charge >= 0.3 is 18.0 Å². The molecule has 13 nitrogen and oxygen atoms in total. The van der Waals surface area contributed by atoms with Crippen LogP contribution in [0, 0.1) is 24.2 Å². The van der Waals surface area contributed by atoms with Gasteiger partial charge in [-0.15, -0.1) is 5.10 Å². The van der Waals surface area contributed by atoms with E-state index in [1.54, 1.807) is 41.3 Å². The maximum atomic E-state index is 15.3. The molecule has 44 heavy (non-hydrogen) atoms. The zero-order chi connectivity index (χ0) is 31.0. The number of cyclic esters (lactones) is 1. The van der Waals surface area contributed by atoms with E-state index in [4.69, 9.17) is 20.8 Å². The lowest BCUT2D eigenvalue weighted by Crippen LogP contribution is -2.44. The van der Waals surface area contributed by atoms with Crippen LogP contribution in [0.2, 0.25) is 0 Å². The molecule has 1 aliphatic carbocycles. The topological polar surface area (TPSA) is 133 Å². The standard InChI is InChI=1S/C30H30FN7O6/c1-18(39)42-16-22(17-43-19(2)40)36-14-25-26(15-36)30(25,32-3)28-7-4-20(11-33-28)24-6-5-21(10-27(24)31)38-13-23(44-29(38)41)12-37-9-8-34-35-37/h4-11,22-23,25-26H,12-17H2,1-2H3/t23-,25-,26+,30?/m0/s1. The van der Waals surface area contributed by atoms with Crippen molar-refractivity contribution in [1.82, 2.24) is 24.9 Å². The summed E-state index contributed by atoms with van der Waals surface area (Å²) in [6.45, 7) is 12.6. The minimum atomic E-state index is -0.788. The van der Waals surface area contributed by atoms with Gasteiger partial charge in [-0.05, 0) is 24.3 Å². The Balaban J connectivity index is 1.12. The molecule has 0 bridgehead atoms. The molecule has 0 spiro atoms. The largest absolute Gasteiger partial charge is 0.464 e. The summed E-state index contributed by atoms with van der Waals surface area (Å²) in [6, 6.07) is 7.77. The van der Waals surface area contributed by atoms with Crippen molar-refractivity contribution in [1.29, 1.82) is 0 Å². The van der Waals surface area contributed by atoms with Gasteiger partial charge in [0.2, 0.25) is 0 Å². The predicted octanol–water partition coefficient (Wildman–Crippen LogP) is 2.68. The van der Waals surface area contributed by atoms with Crippen LogP contribution in [0.5, 0.6) is 0 Å². The van der Waals surface area contributed by atoms with E-state index in [-0.39, 0.29) is 37.6 Å². The first-order valence-electron chi connectivity index (χ1n) is 14.2. The third-order valence-corrected chi connectivity index (χ3v) is 8.51. The Morgan fingerprint density at radius 3 is 2.43 bits per heavy atom. The van der Waals surface area contributed by atoms with Crippen LogP contribution in [0.4, 0.5) is 14.9 Å². The molecule has 1 saturated carbocycles. The normalized spacial score (nSPS) is 24.1. The molecule has 3 aromatic rings. The van der Waals surface area contributed by atoms with E-state index in [1.165, 1.54) is 31.0 Å². The summed E-state index contributed by atoms with van der Waals surface area (Å²) < 4.78 is 32.7. The van der Waals surface area contributed by atoms with Crippen molar-refractivity contribution < 1.29 is 33.0 Å². The molecular weight excluding hydrogens is 573 g/mol. The Morgan fingerprint density at radius 2 is 1.86 bits per heavy atom. The molecule has 1 aromatic carbocycles. The van der Waals surface area contributed by atoms with Gasteiger partial charge in [-0.2, -0.15) is 0 Å². The number of pyridine rings is 1. The number of rotatable bonds is 10. The lowest BCUT2D eigenvalue weighted by molar-refractivity contribution is -0.147. The molecule has 0 radical (unpaired) electrons. The highest BCUT2D eigenvalue weighted by atomic mass is 19.1. The van der Waals surface area contributed by atoms with E-state index in [2.05, 4.69) is 25.0 Å². The molecule has 3 aliphatic rings. The Bertz CT molecular complexity index is 1580. The van der Waals surface area contributed by atoms with Crippen molar-refractivity contribution >= 4 is 23.7 Å². The van der Waals surface area contributed by atoms with E-state index in [0.29, 0.717) is 42.1 Å². The number of amides is 1. The van der Waals surface area contributed by atoms with Gasteiger partial charge in [-0.3, -0.25) is 24.4 Å². The molecule has 228 valence electrons. The van der Waals surface area contributed by atoms with Gasteiger partial charge in [-0.1, -0.05) is 11.3 Å². The summed E-state index contributed by atoms with van der Waals surface area (Å²) in [4.78, 5) is 47.3. The summed E-state index contributed by atoms with van der Waals surface area (Å²) in [6.07, 6.45) is 3.77. The van der Waals surface area contributed by atoms with Gasteiger partial charge in [0.15, 0.2) is 0 Å². The van der Waals surface area contributed by atoms with Crippen LogP contribution in [0.15, 0.2) is 48.9 Å². The number of nitrogens with zero attached hydrogens (tertiary/aromatic N) is 7. The van der Waals surface area contributed by atoms with Crippen LogP contribution >= 0.6 is 0 Å². The highest BCUT2D eigenvalue weighted by Gasteiger charge is 2.78. The van der Waals surface area contributed by atoms with Crippen molar-refractivity contribution in [3.05, 3.63) is 71.9 Å². The molecule has 4 heterocycles. The maximum Gasteiger partial charge on any atom is 0.414 e. The number of hydrogen-bond donors (Lipinski definition) is 0. The summed E-state index contributed by atoms with van der Waals surface area (Å²) in [5, 5.41) is 7.63. The number of halogens is 1. The second-order valence-electron chi connectivity index (χ2n) is 11.2. The Hall–Kier alpha value is -4.90. The fourth-order valence-corrected chi connectivity index (χ4v) is 6.28. The number of fused-ring (bicyclic) bond motifs is 1. The maximum absolute atomic E-state index is 15.3. The number of aromatic nitrogens is 4. The molecular formula is C30H30FN7O6. The van der Waals surface area contributed by atoms with Crippen LogP contribution in [0.25, 0.3) is 16.0 Å². The molecule has 3 fully saturated rings. The van der Waals surface area contributed by atoms with E-state index in [0.717, 1.165) is 0 Å². The van der Waals surface area contributed by atoms with Gasteiger partial charge in [0.1, 0.15) is 30.8 Å². The summed E-state index contributed by atoms with van der Waals surface area (Å²) in [5.41, 5.74) is 1.07. The molecule has 0 N–H and O–H groups in total. The summed E-state index contributed by atoms with van der Waals surface area (Å²) >= 11 is 0. The van der Waals surface area contributed by atoms with Gasteiger partial charge < -0.3 is 19.1 Å². The zero-order valence-electron chi connectivity index (χ0n) is 24.1. The quantitative estimate of drug-likeness (QED) is 0.194. The number of carbonyl (C=O) groups is 3. The third kappa shape index (κ3) is 5.46. The number of ether oxygens (including phenoxy) is 3. The third-order valence-electron chi connectivity index (χ3n) is 8.51. The monoisotopic (exact) mass is 603 g/mol.